The molecule has 0 radical (unpaired) electrons. The van der Waals surface area contributed by atoms with E-state index in [9.17, 15) is 4.57 Å². The average molecular weight is 165 g/mol. The third kappa shape index (κ3) is 4.98. The highest BCUT2D eigenvalue weighted by Gasteiger charge is 2.17. The summed E-state index contributed by atoms with van der Waals surface area (Å²) in [6.07, 6.45) is 0.227. The lowest BCUT2D eigenvalue weighted by Gasteiger charge is -2.16. The standard InChI is InChI=1S/C6H16NO2P/c1-5(2)6(7)4-10(3,8)9/h5-6H,4,7H2,1-3H3,(H,8,9). The summed E-state index contributed by atoms with van der Waals surface area (Å²) >= 11 is 0. The molecule has 0 aromatic carbocycles. The molecule has 10 heavy (non-hydrogen) atoms. The molecule has 62 valence electrons. The van der Waals surface area contributed by atoms with Gasteiger partial charge < -0.3 is 10.6 Å². The van der Waals surface area contributed by atoms with Crippen molar-refractivity contribution in [2.45, 2.75) is 19.9 Å². The normalized spacial score (nSPS) is 20.6. The third-order valence-electron chi connectivity index (χ3n) is 1.41. The second-order valence-corrected chi connectivity index (χ2v) is 5.61. The molecule has 0 spiro atoms. The lowest BCUT2D eigenvalue weighted by atomic mass is 10.1. The van der Waals surface area contributed by atoms with Crippen molar-refractivity contribution in [3.05, 3.63) is 0 Å². The first-order valence-corrected chi connectivity index (χ1v) is 5.67. The van der Waals surface area contributed by atoms with E-state index in [1.807, 2.05) is 13.8 Å². The Hall–Kier alpha value is 0.150. The quantitative estimate of drug-likeness (QED) is 0.610. The summed E-state index contributed by atoms with van der Waals surface area (Å²) in [5.41, 5.74) is 5.57. The van der Waals surface area contributed by atoms with Gasteiger partial charge in [0.25, 0.3) is 0 Å². The van der Waals surface area contributed by atoms with Crippen LogP contribution in [0.5, 0.6) is 0 Å². The topological polar surface area (TPSA) is 63.3 Å². The van der Waals surface area contributed by atoms with Crippen LogP contribution < -0.4 is 5.73 Å². The Bertz CT molecular complexity index is 141. The molecule has 0 aliphatic rings. The molecule has 0 heterocycles. The van der Waals surface area contributed by atoms with Gasteiger partial charge in [0, 0.05) is 18.9 Å². The fourth-order valence-corrected chi connectivity index (χ4v) is 1.81. The van der Waals surface area contributed by atoms with E-state index >= 15 is 0 Å². The smallest absolute Gasteiger partial charge is 0.199 e. The van der Waals surface area contributed by atoms with Gasteiger partial charge in [-0.3, -0.25) is 4.57 Å². The van der Waals surface area contributed by atoms with Crippen LogP contribution in [0.15, 0.2) is 0 Å². The van der Waals surface area contributed by atoms with Crippen LogP contribution in [-0.4, -0.2) is 23.8 Å². The van der Waals surface area contributed by atoms with E-state index in [0.29, 0.717) is 0 Å². The van der Waals surface area contributed by atoms with Gasteiger partial charge in [-0.05, 0) is 5.92 Å². The SMILES string of the molecule is CC(C)C(N)CP(C)(=O)O. The monoisotopic (exact) mass is 165 g/mol. The zero-order valence-electron chi connectivity index (χ0n) is 6.74. The molecule has 4 heteroatoms. The van der Waals surface area contributed by atoms with Crippen molar-refractivity contribution in [2.24, 2.45) is 11.7 Å². The fraction of sp³-hybridized carbons (Fsp3) is 1.00. The highest BCUT2D eigenvalue weighted by atomic mass is 31.2. The van der Waals surface area contributed by atoms with Crippen molar-refractivity contribution in [1.82, 2.24) is 0 Å². The molecule has 2 unspecified atom stereocenters. The van der Waals surface area contributed by atoms with Gasteiger partial charge in [-0.1, -0.05) is 13.8 Å². The highest BCUT2D eigenvalue weighted by Crippen LogP contribution is 2.36. The second-order valence-electron chi connectivity index (χ2n) is 3.14. The lowest BCUT2D eigenvalue weighted by molar-refractivity contribution is 0.459. The number of nitrogens with two attached hydrogens (primary N) is 1. The molecule has 3 N–H and O–H groups in total. The van der Waals surface area contributed by atoms with Crippen molar-refractivity contribution in [3.8, 4) is 0 Å². The van der Waals surface area contributed by atoms with Crippen molar-refractivity contribution < 1.29 is 9.46 Å². The van der Waals surface area contributed by atoms with Crippen LogP contribution in [0.1, 0.15) is 13.8 Å². The minimum absolute atomic E-state index is 0.152. The van der Waals surface area contributed by atoms with E-state index in [1.54, 1.807) is 0 Å². The maximum absolute atomic E-state index is 10.8. The van der Waals surface area contributed by atoms with E-state index in [0.717, 1.165) is 0 Å². The molecule has 0 saturated heterocycles. The van der Waals surface area contributed by atoms with Gasteiger partial charge >= 0.3 is 0 Å². The molecular formula is C6H16NO2P. The Morgan fingerprint density at radius 3 is 2.10 bits per heavy atom. The van der Waals surface area contributed by atoms with Crippen LogP contribution >= 0.6 is 7.37 Å². The van der Waals surface area contributed by atoms with Gasteiger partial charge in [-0.15, -0.1) is 0 Å². The molecule has 0 rings (SSSR count). The Labute approximate surface area is 62.1 Å². The first-order valence-electron chi connectivity index (χ1n) is 3.38. The van der Waals surface area contributed by atoms with Crippen LogP contribution in [0.4, 0.5) is 0 Å². The summed E-state index contributed by atoms with van der Waals surface area (Å²) in [5.74, 6) is 0.278. The molecule has 0 saturated carbocycles. The van der Waals surface area contributed by atoms with E-state index in [4.69, 9.17) is 10.6 Å². The predicted octanol–water partition coefficient (Wildman–Crippen LogP) is 0.870. The van der Waals surface area contributed by atoms with E-state index in [1.165, 1.54) is 6.66 Å². The maximum Gasteiger partial charge on any atom is 0.199 e. The van der Waals surface area contributed by atoms with Gasteiger partial charge in [0.15, 0.2) is 7.37 Å². The van der Waals surface area contributed by atoms with Gasteiger partial charge in [0.05, 0.1) is 0 Å². The van der Waals surface area contributed by atoms with E-state index in [-0.39, 0.29) is 18.1 Å². The van der Waals surface area contributed by atoms with Gasteiger partial charge in [-0.25, -0.2) is 0 Å². The molecule has 0 aromatic rings. The Balaban J connectivity index is 3.80. The molecule has 3 nitrogen and oxygen atoms in total. The summed E-state index contributed by atoms with van der Waals surface area (Å²) in [5, 5.41) is 0. The molecule has 0 aliphatic heterocycles. The summed E-state index contributed by atoms with van der Waals surface area (Å²) in [7, 11) is -2.90. The molecule has 0 aliphatic carbocycles. The van der Waals surface area contributed by atoms with Crippen molar-refractivity contribution in [3.63, 3.8) is 0 Å². The summed E-state index contributed by atoms with van der Waals surface area (Å²) in [4.78, 5) is 8.91. The summed E-state index contributed by atoms with van der Waals surface area (Å²) < 4.78 is 10.8. The molecule has 0 bridgehead atoms. The molecular weight excluding hydrogens is 149 g/mol. The fourth-order valence-electron chi connectivity index (χ4n) is 0.602. The van der Waals surface area contributed by atoms with E-state index in [2.05, 4.69) is 0 Å². The summed E-state index contributed by atoms with van der Waals surface area (Å²) in [6.45, 7) is 5.23. The summed E-state index contributed by atoms with van der Waals surface area (Å²) in [6, 6.07) is -0.152. The van der Waals surface area contributed by atoms with E-state index < -0.39 is 7.37 Å². The molecule has 0 aromatic heterocycles. The third-order valence-corrected chi connectivity index (χ3v) is 2.51. The van der Waals surface area contributed by atoms with Crippen LogP contribution in [0.3, 0.4) is 0 Å². The van der Waals surface area contributed by atoms with Gasteiger partial charge in [0.1, 0.15) is 0 Å². The molecule has 2 atom stereocenters. The van der Waals surface area contributed by atoms with Crippen molar-refractivity contribution >= 4 is 7.37 Å². The number of hydrogen-bond donors (Lipinski definition) is 2. The second kappa shape index (κ2) is 3.51. The largest absolute Gasteiger partial charge is 0.344 e. The first-order chi connectivity index (χ1) is 4.33. The Kier molecular flexibility index (Phi) is 3.57. The Morgan fingerprint density at radius 1 is 1.60 bits per heavy atom. The van der Waals surface area contributed by atoms with Crippen LogP contribution in [0, 0.1) is 5.92 Å². The Morgan fingerprint density at radius 2 is 2.00 bits per heavy atom. The van der Waals surface area contributed by atoms with Gasteiger partial charge in [0.2, 0.25) is 0 Å². The molecule has 0 fully saturated rings. The van der Waals surface area contributed by atoms with Crippen molar-refractivity contribution in [1.29, 1.82) is 0 Å². The zero-order chi connectivity index (χ0) is 8.36. The van der Waals surface area contributed by atoms with Crippen LogP contribution in [0.2, 0.25) is 0 Å². The first kappa shape index (κ1) is 10.2. The lowest BCUT2D eigenvalue weighted by Crippen LogP contribution is -2.30. The zero-order valence-corrected chi connectivity index (χ0v) is 7.64. The predicted molar refractivity (Wildman–Crippen MR) is 43.4 cm³/mol. The maximum atomic E-state index is 10.8. The minimum atomic E-state index is -2.90. The molecule has 0 amide bonds. The van der Waals surface area contributed by atoms with Crippen LogP contribution in [-0.2, 0) is 4.57 Å². The van der Waals surface area contributed by atoms with Crippen LogP contribution in [0.25, 0.3) is 0 Å². The number of rotatable bonds is 3. The number of hydrogen-bond acceptors (Lipinski definition) is 2. The highest BCUT2D eigenvalue weighted by molar-refractivity contribution is 7.57. The minimum Gasteiger partial charge on any atom is -0.344 e. The van der Waals surface area contributed by atoms with Gasteiger partial charge in [-0.2, -0.15) is 0 Å². The van der Waals surface area contributed by atoms with Crippen molar-refractivity contribution in [2.75, 3.05) is 12.8 Å². The average Bonchev–Trinajstić information content (AvgIpc) is 1.60.